The molecule has 3 rings (SSSR count). The average molecular weight is 521 g/mol. The van der Waals surface area contributed by atoms with Crippen LogP contribution in [0, 0.1) is 18.6 Å². The predicted molar refractivity (Wildman–Crippen MR) is 122 cm³/mol. The van der Waals surface area contributed by atoms with E-state index < -0.39 is 11.6 Å². The number of aromatic nitrogens is 1. The highest BCUT2D eigenvalue weighted by Crippen LogP contribution is 2.26. The molecule has 9 heteroatoms. The Labute approximate surface area is 185 Å². The monoisotopic (exact) mass is 521 g/mol. The average Bonchev–Trinajstić information content (AvgIpc) is 3.24. The second kappa shape index (κ2) is 10.9. The first-order chi connectivity index (χ1) is 13.1. The molecule has 1 aliphatic rings. The first-order valence-corrected chi connectivity index (χ1v) is 10.0. The molecular formula is C19H26F2IN5S. The Hall–Kier alpha value is -1.49. The van der Waals surface area contributed by atoms with Crippen molar-refractivity contribution >= 4 is 47.0 Å². The van der Waals surface area contributed by atoms with Gasteiger partial charge in [-0.25, -0.2) is 13.8 Å². The van der Waals surface area contributed by atoms with Crippen LogP contribution in [0.15, 0.2) is 29.4 Å². The molecule has 1 saturated heterocycles. The maximum absolute atomic E-state index is 14.0. The van der Waals surface area contributed by atoms with Gasteiger partial charge in [0.1, 0.15) is 17.3 Å². The van der Waals surface area contributed by atoms with Crippen molar-refractivity contribution in [2.24, 2.45) is 4.99 Å². The number of nitrogens with one attached hydrogen (secondary N) is 2. The molecule has 0 spiro atoms. The summed E-state index contributed by atoms with van der Waals surface area (Å²) in [6.07, 6.45) is 3.47. The van der Waals surface area contributed by atoms with Crippen molar-refractivity contribution in [3.05, 3.63) is 45.9 Å². The largest absolute Gasteiger partial charge is 0.365 e. The highest BCUT2D eigenvalue weighted by molar-refractivity contribution is 14.0. The molecule has 1 aliphatic heterocycles. The summed E-state index contributed by atoms with van der Waals surface area (Å²) in [7, 11) is 0. The third-order valence-electron chi connectivity index (χ3n) is 4.39. The van der Waals surface area contributed by atoms with Crippen molar-refractivity contribution in [1.29, 1.82) is 0 Å². The van der Waals surface area contributed by atoms with Crippen LogP contribution >= 0.6 is 35.3 Å². The summed E-state index contributed by atoms with van der Waals surface area (Å²) >= 11 is 1.69. The van der Waals surface area contributed by atoms with Crippen molar-refractivity contribution < 1.29 is 8.78 Å². The normalized spacial score (nSPS) is 16.8. The highest BCUT2D eigenvalue weighted by Gasteiger charge is 2.27. The van der Waals surface area contributed by atoms with Crippen molar-refractivity contribution in [2.75, 3.05) is 31.1 Å². The molecule has 1 aromatic heterocycles. The zero-order valence-electron chi connectivity index (χ0n) is 16.0. The summed E-state index contributed by atoms with van der Waals surface area (Å²) in [5.74, 6) is -0.309. The smallest absolute Gasteiger partial charge is 0.191 e. The highest BCUT2D eigenvalue weighted by atomic mass is 127. The van der Waals surface area contributed by atoms with E-state index in [0.717, 1.165) is 30.4 Å². The van der Waals surface area contributed by atoms with Crippen molar-refractivity contribution in [1.82, 2.24) is 15.6 Å². The Morgan fingerprint density at radius 1 is 1.36 bits per heavy atom. The van der Waals surface area contributed by atoms with Crippen molar-refractivity contribution in [3.63, 3.8) is 0 Å². The number of para-hydroxylation sites is 1. The molecule has 0 saturated carbocycles. The third-order valence-corrected chi connectivity index (χ3v) is 5.36. The summed E-state index contributed by atoms with van der Waals surface area (Å²) in [6.45, 7) is 6.58. The zero-order valence-corrected chi connectivity index (χ0v) is 19.2. The molecular weight excluding hydrogens is 495 g/mol. The van der Waals surface area contributed by atoms with Gasteiger partial charge in [0.15, 0.2) is 5.96 Å². The van der Waals surface area contributed by atoms with E-state index in [1.165, 1.54) is 23.1 Å². The lowest BCUT2D eigenvalue weighted by Gasteiger charge is -2.21. The molecule has 1 fully saturated rings. The minimum atomic E-state index is -0.519. The van der Waals surface area contributed by atoms with Crippen LogP contribution in [0.4, 0.5) is 14.5 Å². The zero-order chi connectivity index (χ0) is 19.2. The van der Waals surface area contributed by atoms with E-state index in [4.69, 9.17) is 0 Å². The molecule has 1 unspecified atom stereocenters. The first-order valence-electron chi connectivity index (χ1n) is 9.22. The molecule has 0 radical (unpaired) electrons. The number of aliphatic imine (C=N–C) groups is 1. The fraction of sp³-hybridized carbons (Fsp3) is 0.474. The van der Waals surface area contributed by atoms with Crippen LogP contribution < -0.4 is 15.5 Å². The number of hydrogen-bond donors (Lipinski definition) is 2. The lowest BCUT2D eigenvalue weighted by molar-refractivity contribution is 0.576. The van der Waals surface area contributed by atoms with Crippen LogP contribution in [0.3, 0.4) is 0 Å². The minimum Gasteiger partial charge on any atom is -0.365 e. The molecule has 0 aliphatic carbocycles. The van der Waals surface area contributed by atoms with Gasteiger partial charge in [0.25, 0.3) is 0 Å². The molecule has 2 aromatic rings. The van der Waals surface area contributed by atoms with Crippen LogP contribution in [0.1, 0.15) is 23.2 Å². The lowest BCUT2D eigenvalue weighted by atomic mass is 10.2. The second-order valence-electron chi connectivity index (χ2n) is 6.52. The number of anilines is 1. The standard InChI is InChI=1S/C19H25F2N5S.HI/c1-3-22-19(23-9-7-17-24-11-13(2)27-17)25-14-8-10-26(12-14)18-15(20)5-4-6-16(18)21;/h4-6,11,14H,3,7-10,12H2,1-2H3,(H2,22,23,25);1H. The van der Waals surface area contributed by atoms with Crippen LogP contribution in [-0.4, -0.2) is 43.2 Å². The fourth-order valence-electron chi connectivity index (χ4n) is 3.17. The van der Waals surface area contributed by atoms with Gasteiger partial charge >= 0.3 is 0 Å². The van der Waals surface area contributed by atoms with Gasteiger partial charge in [0.05, 0.1) is 5.01 Å². The lowest BCUT2D eigenvalue weighted by Crippen LogP contribution is -2.44. The quantitative estimate of drug-likeness (QED) is 0.346. The Morgan fingerprint density at radius 3 is 2.75 bits per heavy atom. The number of halogens is 3. The number of aryl methyl sites for hydroxylation is 1. The number of benzene rings is 1. The SMILES string of the molecule is CCNC(=NCCc1ncc(C)s1)NC1CCN(c2c(F)cccc2F)C1.I. The summed E-state index contributed by atoms with van der Waals surface area (Å²) in [6, 6.07) is 4.07. The van der Waals surface area contributed by atoms with Gasteiger partial charge in [0.2, 0.25) is 0 Å². The number of thiazole rings is 1. The van der Waals surface area contributed by atoms with Gasteiger partial charge in [-0.3, -0.25) is 4.99 Å². The summed E-state index contributed by atoms with van der Waals surface area (Å²) < 4.78 is 28.0. The summed E-state index contributed by atoms with van der Waals surface area (Å²) in [4.78, 5) is 11.9. The van der Waals surface area contributed by atoms with Gasteiger partial charge < -0.3 is 15.5 Å². The van der Waals surface area contributed by atoms with Gasteiger partial charge in [-0.15, -0.1) is 35.3 Å². The van der Waals surface area contributed by atoms with Crippen molar-refractivity contribution in [2.45, 2.75) is 32.7 Å². The summed E-state index contributed by atoms with van der Waals surface area (Å²) in [5, 5.41) is 7.69. The van der Waals surface area contributed by atoms with Gasteiger partial charge in [-0.1, -0.05) is 6.07 Å². The van der Waals surface area contributed by atoms with Gasteiger partial charge in [0, 0.05) is 49.7 Å². The van der Waals surface area contributed by atoms with E-state index in [2.05, 4.69) is 20.6 Å². The van der Waals surface area contributed by atoms with Crippen LogP contribution in [0.2, 0.25) is 0 Å². The number of rotatable bonds is 6. The van der Waals surface area contributed by atoms with E-state index in [-0.39, 0.29) is 35.7 Å². The van der Waals surface area contributed by atoms with Gasteiger partial charge in [-0.05, 0) is 32.4 Å². The molecule has 5 nitrogen and oxygen atoms in total. The van der Waals surface area contributed by atoms with E-state index in [0.29, 0.717) is 19.6 Å². The van der Waals surface area contributed by atoms with E-state index >= 15 is 0 Å². The maximum atomic E-state index is 14.0. The second-order valence-corrected chi connectivity index (χ2v) is 7.84. The van der Waals surface area contributed by atoms with E-state index in [1.54, 1.807) is 16.2 Å². The fourth-order valence-corrected chi connectivity index (χ4v) is 3.94. The number of nitrogens with zero attached hydrogens (tertiary/aromatic N) is 3. The number of guanidine groups is 1. The molecule has 2 N–H and O–H groups in total. The molecule has 0 bridgehead atoms. The molecule has 154 valence electrons. The first kappa shape index (κ1) is 22.8. The van der Waals surface area contributed by atoms with E-state index in [9.17, 15) is 8.78 Å². The Morgan fingerprint density at radius 2 is 2.11 bits per heavy atom. The predicted octanol–water partition coefficient (Wildman–Crippen LogP) is 3.72. The Kier molecular flexibility index (Phi) is 8.87. The Bertz CT molecular complexity index is 778. The molecule has 2 heterocycles. The summed E-state index contributed by atoms with van der Waals surface area (Å²) in [5.41, 5.74) is 0.0582. The molecule has 28 heavy (non-hydrogen) atoms. The molecule has 1 atom stereocenters. The molecule has 0 amide bonds. The topological polar surface area (TPSA) is 52.6 Å². The van der Waals surface area contributed by atoms with E-state index in [1.807, 2.05) is 20.0 Å². The van der Waals surface area contributed by atoms with Gasteiger partial charge in [-0.2, -0.15) is 0 Å². The maximum Gasteiger partial charge on any atom is 0.191 e. The molecule has 1 aromatic carbocycles. The van der Waals surface area contributed by atoms with Crippen LogP contribution in [-0.2, 0) is 6.42 Å². The minimum absolute atomic E-state index is 0. The third kappa shape index (κ3) is 6.00. The van der Waals surface area contributed by atoms with Crippen LogP contribution in [0.25, 0.3) is 0 Å². The number of hydrogen-bond acceptors (Lipinski definition) is 4. The Balaban J connectivity index is 0.00000280. The van der Waals surface area contributed by atoms with Crippen molar-refractivity contribution in [3.8, 4) is 0 Å². The van der Waals surface area contributed by atoms with Crippen LogP contribution in [0.5, 0.6) is 0 Å².